The van der Waals surface area contributed by atoms with E-state index >= 15 is 0 Å². The molecule has 3 aliphatic carbocycles. The first kappa shape index (κ1) is 27.3. The average Bonchev–Trinajstić information content (AvgIpc) is 3.21. The summed E-state index contributed by atoms with van der Waals surface area (Å²) >= 11 is 0. The van der Waals surface area contributed by atoms with Crippen LogP contribution in [-0.2, 0) is 33.5 Å². The molecule has 8 heteroatoms. The number of nitrogens with zero attached hydrogens (tertiary/aromatic N) is 1. The van der Waals surface area contributed by atoms with Crippen molar-refractivity contribution >= 4 is 11.9 Å². The van der Waals surface area contributed by atoms with Crippen LogP contribution in [0, 0.1) is 24.2 Å². The van der Waals surface area contributed by atoms with Crippen LogP contribution in [0.3, 0.4) is 0 Å². The van der Waals surface area contributed by atoms with E-state index in [0.29, 0.717) is 52.0 Å². The SMILES string of the molecule is Cc1ccc(CC23CCN(C(=O)C4CC5(CC(C(=O)O)C5)C4)C2CCc2cc(C(C)(F)C(F)(F)F)ccc23)cc1. The summed E-state index contributed by atoms with van der Waals surface area (Å²) in [5.74, 6) is -1.04. The van der Waals surface area contributed by atoms with Gasteiger partial charge < -0.3 is 10.0 Å². The van der Waals surface area contributed by atoms with Gasteiger partial charge in [0.1, 0.15) is 0 Å². The van der Waals surface area contributed by atoms with Crippen LogP contribution in [-0.4, -0.2) is 40.6 Å². The molecule has 214 valence electrons. The van der Waals surface area contributed by atoms with Crippen molar-refractivity contribution in [2.24, 2.45) is 17.3 Å². The summed E-state index contributed by atoms with van der Waals surface area (Å²) in [6.07, 6.45) is 0.177. The summed E-state index contributed by atoms with van der Waals surface area (Å²) in [4.78, 5) is 27.1. The molecule has 1 amide bonds. The van der Waals surface area contributed by atoms with Crippen molar-refractivity contribution in [1.82, 2.24) is 4.90 Å². The Labute approximate surface area is 231 Å². The number of rotatable bonds is 5. The molecular formula is C32H35F4NO3. The number of aryl methyl sites for hydroxylation is 2. The molecular weight excluding hydrogens is 522 g/mol. The van der Waals surface area contributed by atoms with E-state index in [1.165, 1.54) is 12.1 Å². The fourth-order valence-corrected chi connectivity index (χ4v) is 8.24. The summed E-state index contributed by atoms with van der Waals surface area (Å²) < 4.78 is 55.4. The number of likely N-dealkylation sites (tertiary alicyclic amines) is 1. The first-order chi connectivity index (χ1) is 18.7. The zero-order chi connectivity index (χ0) is 28.7. The lowest BCUT2D eigenvalue weighted by Gasteiger charge is -2.57. The van der Waals surface area contributed by atoms with Gasteiger partial charge in [0.2, 0.25) is 11.6 Å². The summed E-state index contributed by atoms with van der Waals surface area (Å²) in [5.41, 5.74) is -0.400. The minimum atomic E-state index is -5.01. The van der Waals surface area contributed by atoms with Gasteiger partial charge in [0.05, 0.1) is 5.92 Å². The molecule has 4 aliphatic rings. The highest BCUT2D eigenvalue weighted by atomic mass is 19.4. The first-order valence-electron chi connectivity index (χ1n) is 14.2. The predicted octanol–water partition coefficient (Wildman–Crippen LogP) is 6.66. The van der Waals surface area contributed by atoms with Crippen LogP contribution in [0.1, 0.15) is 73.3 Å². The standard InChI is InChI=1S/C32H35F4NO3/c1-19-3-5-20(6-4-19)14-31-11-12-37(27(38)22-15-30(16-22)17-23(18-30)28(39)40)26(31)10-7-21-13-24(8-9-25(21)31)29(2,33)32(34,35)36/h3-6,8-9,13,22-23,26H,7,10-12,14-18H2,1-2H3,(H,39,40). The molecule has 1 saturated heterocycles. The van der Waals surface area contributed by atoms with Crippen molar-refractivity contribution in [2.45, 2.75) is 88.5 Å². The molecule has 3 atom stereocenters. The number of fused-ring (bicyclic) bond motifs is 3. The number of hydrogen-bond donors (Lipinski definition) is 1. The van der Waals surface area contributed by atoms with E-state index in [-0.39, 0.29) is 34.8 Å². The van der Waals surface area contributed by atoms with Gasteiger partial charge in [-0.05, 0) is 92.9 Å². The number of hydrogen-bond acceptors (Lipinski definition) is 2. The van der Waals surface area contributed by atoms with Crippen LogP contribution in [0.5, 0.6) is 0 Å². The topological polar surface area (TPSA) is 57.6 Å². The van der Waals surface area contributed by atoms with Crippen LogP contribution < -0.4 is 0 Å². The third-order valence-electron chi connectivity index (χ3n) is 10.6. The van der Waals surface area contributed by atoms with Crippen LogP contribution in [0.4, 0.5) is 17.6 Å². The highest BCUT2D eigenvalue weighted by Crippen LogP contribution is 2.62. The van der Waals surface area contributed by atoms with E-state index in [1.807, 2.05) is 24.0 Å². The Kier molecular flexibility index (Phi) is 6.17. The minimum Gasteiger partial charge on any atom is -0.481 e. The number of carboxylic acids is 1. The van der Waals surface area contributed by atoms with E-state index in [9.17, 15) is 32.3 Å². The average molecular weight is 558 g/mol. The molecule has 4 nitrogen and oxygen atoms in total. The highest BCUT2D eigenvalue weighted by Gasteiger charge is 2.60. The number of carboxylic acid groups (broad SMARTS) is 1. The fraction of sp³-hybridized carbons (Fsp3) is 0.562. The van der Waals surface area contributed by atoms with Crippen molar-refractivity contribution in [3.05, 3.63) is 70.3 Å². The Morgan fingerprint density at radius 2 is 1.65 bits per heavy atom. The zero-order valence-electron chi connectivity index (χ0n) is 22.9. The van der Waals surface area contributed by atoms with Crippen LogP contribution in [0.25, 0.3) is 0 Å². The third-order valence-corrected chi connectivity index (χ3v) is 10.6. The lowest BCUT2D eigenvalue weighted by molar-refractivity contribution is -0.228. The van der Waals surface area contributed by atoms with Crippen molar-refractivity contribution in [2.75, 3.05) is 6.54 Å². The molecule has 1 N–H and O–H groups in total. The number of amides is 1. The predicted molar refractivity (Wildman–Crippen MR) is 141 cm³/mol. The van der Waals surface area contributed by atoms with Crippen molar-refractivity contribution in [1.29, 1.82) is 0 Å². The molecule has 3 fully saturated rings. The van der Waals surface area contributed by atoms with Gasteiger partial charge in [0.25, 0.3) is 0 Å². The molecule has 2 aromatic carbocycles. The van der Waals surface area contributed by atoms with Crippen LogP contribution in [0.15, 0.2) is 42.5 Å². The maximum absolute atomic E-state index is 14.9. The molecule has 1 heterocycles. The molecule has 0 radical (unpaired) electrons. The monoisotopic (exact) mass is 557 g/mol. The van der Waals surface area contributed by atoms with Crippen LogP contribution >= 0.6 is 0 Å². The normalized spacial score (nSPS) is 32.5. The molecule has 2 aromatic rings. The molecule has 0 bridgehead atoms. The second kappa shape index (κ2) is 9.05. The summed E-state index contributed by atoms with van der Waals surface area (Å²) in [5, 5.41) is 9.26. The summed E-state index contributed by atoms with van der Waals surface area (Å²) in [6, 6.07) is 12.5. The van der Waals surface area contributed by atoms with Gasteiger partial charge >= 0.3 is 12.1 Å². The maximum Gasteiger partial charge on any atom is 0.426 e. The smallest absolute Gasteiger partial charge is 0.426 e. The van der Waals surface area contributed by atoms with Gasteiger partial charge in [-0.2, -0.15) is 13.2 Å². The molecule has 2 saturated carbocycles. The van der Waals surface area contributed by atoms with Crippen LogP contribution in [0.2, 0.25) is 0 Å². The van der Waals surface area contributed by atoms with Gasteiger partial charge in [0, 0.05) is 23.9 Å². The third kappa shape index (κ3) is 4.16. The Morgan fingerprint density at radius 3 is 2.27 bits per heavy atom. The van der Waals surface area contributed by atoms with E-state index in [1.54, 1.807) is 6.07 Å². The summed E-state index contributed by atoms with van der Waals surface area (Å²) in [7, 11) is 0. The van der Waals surface area contributed by atoms with Crippen molar-refractivity contribution < 1.29 is 32.3 Å². The van der Waals surface area contributed by atoms with E-state index in [0.717, 1.165) is 35.1 Å². The van der Waals surface area contributed by atoms with Gasteiger partial charge in [-0.1, -0.05) is 48.0 Å². The molecule has 3 unspecified atom stereocenters. The molecule has 6 rings (SSSR count). The second-order valence-electron chi connectivity index (χ2n) is 13.1. The second-order valence-corrected chi connectivity index (χ2v) is 13.1. The van der Waals surface area contributed by atoms with Gasteiger partial charge in [-0.3, -0.25) is 9.59 Å². The lowest BCUT2D eigenvalue weighted by Crippen LogP contribution is -2.56. The number of benzene rings is 2. The molecule has 1 aliphatic heterocycles. The Hall–Kier alpha value is -2.90. The van der Waals surface area contributed by atoms with Gasteiger partial charge in [-0.25, -0.2) is 4.39 Å². The Balaban J connectivity index is 1.30. The first-order valence-corrected chi connectivity index (χ1v) is 14.2. The Bertz CT molecular complexity index is 1340. The fourth-order valence-electron chi connectivity index (χ4n) is 8.24. The van der Waals surface area contributed by atoms with E-state index in [4.69, 9.17) is 0 Å². The number of carbonyl (C=O) groups excluding carboxylic acids is 1. The number of carbonyl (C=O) groups is 2. The molecule has 1 spiro atoms. The van der Waals surface area contributed by atoms with Crippen molar-refractivity contribution in [3.63, 3.8) is 0 Å². The van der Waals surface area contributed by atoms with E-state index < -0.39 is 23.2 Å². The molecule has 0 aromatic heterocycles. The minimum absolute atomic E-state index is 0.00480. The number of alkyl halides is 4. The quantitative estimate of drug-likeness (QED) is 0.419. The maximum atomic E-state index is 14.9. The number of aliphatic carboxylic acids is 1. The summed E-state index contributed by atoms with van der Waals surface area (Å²) in [6.45, 7) is 3.16. The van der Waals surface area contributed by atoms with Gasteiger partial charge in [0.15, 0.2) is 0 Å². The van der Waals surface area contributed by atoms with Gasteiger partial charge in [-0.15, -0.1) is 0 Å². The van der Waals surface area contributed by atoms with Crippen molar-refractivity contribution in [3.8, 4) is 0 Å². The largest absolute Gasteiger partial charge is 0.481 e. The van der Waals surface area contributed by atoms with E-state index in [2.05, 4.69) is 12.1 Å². The lowest BCUT2D eigenvalue weighted by atomic mass is 9.48. The molecule has 40 heavy (non-hydrogen) atoms. The number of halogens is 4. The zero-order valence-corrected chi connectivity index (χ0v) is 22.9. The highest BCUT2D eigenvalue weighted by molar-refractivity contribution is 5.82. The Morgan fingerprint density at radius 1 is 1.00 bits per heavy atom.